The fourth-order valence-corrected chi connectivity index (χ4v) is 2.88. The molecule has 0 spiro atoms. The molecule has 1 unspecified atom stereocenters. The molecule has 1 aliphatic rings. The molecule has 0 aliphatic carbocycles. The highest BCUT2D eigenvalue weighted by Gasteiger charge is 2.18. The van der Waals surface area contributed by atoms with Crippen LogP contribution in [0.2, 0.25) is 0 Å². The molecule has 21 heavy (non-hydrogen) atoms. The first-order chi connectivity index (χ1) is 10.2. The zero-order valence-electron chi connectivity index (χ0n) is 12.2. The van der Waals surface area contributed by atoms with Crippen LogP contribution in [0.25, 0.3) is 11.0 Å². The summed E-state index contributed by atoms with van der Waals surface area (Å²) in [6.45, 7) is 1.63. The standard InChI is InChI=1S/C16H22N4O/c17-12-4-3-10-20(11-9-12)16(21)8-7-15-18-13-5-1-2-6-14(13)19-15/h1-2,5-6,12H,3-4,7-11,17H2,(H,18,19). The Bertz CT molecular complexity index is 589. The van der Waals surface area contributed by atoms with E-state index < -0.39 is 0 Å². The van der Waals surface area contributed by atoms with Gasteiger partial charge in [-0.2, -0.15) is 0 Å². The van der Waals surface area contributed by atoms with E-state index in [2.05, 4.69) is 9.97 Å². The van der Waals surface area contributed by atoms with Gasteiger partial charge in [-0.1, -0.05) is 12.1 Å². The summed E-state index contributed by atoms with van der Waals surface area (Å²) in [6.07, 6.45) is 4.12. The second-order valence-corrected chi connectivity index (χ2v) is 5.77. The third kappa shape index (κ3) is 3.42. The number of carbonyl (C=O) groups is 1. The lowest BCUT2D eigenvalue weighted by molar-refractivity contribution is -0.131. The van der Waals surface area contributed by atoms with E-state index in [4.69, 9.17) is 5.73 Å². The van der Waals surface area contributed by atoms with Crippen LogP contribution in [0.4, 0.5) is 0 Å². The number of benzene rings is 1. The van der Waals surface area contributed by atoms with Gasteiger partial charge in [-0.15, -0.1) is 0 Å². The van der Waals surface area contributed by atoms with Gasteiger partial charge < -0.3 is 15.6 Å². The van der Waals surface area contributed by atoms with Crippen molar-refractivity contribution in [1.29, 1.82) is 0 Å². The Kier molecular flexibility index (Phi) is 4.20. The first kappa shape index (κ1) is 14.1. The van der Waals surface area contributed by atoms with E-state index in [1.807, 2.05) is 29.2 Å². The molecule has 0 radical (unpaired) electrons. The summed E-state index contributed by atoms with van der Waals surface area (Å²) in [6, 6.07) is 8.18. The van der Waals surface area contributed by atoms with Crippen LogP contribution in [0.5, 0.6) is 0 Å². The van der Waals surface area contributed by atoms with Gasteiger partial charge in [-0.3, -0.25) is 4.79 Å². The quantitative estimate of drug-likeness (QED) is 0.904. The summed E-state index contributed by atoms with van der Waals surface area (Å²) in [4.78, 5) is 22.0. The summed E-state index contributed by atoms with van der Waals surface area (Å²) in [7, 11) is 0. The highest BCUT2D eigenvalue weighted by Crippen LogP contribution is 2.13. The normalized spacial score (nSPS) is 19.7. The van der Waals surface area contributed by atoms with E-state index in [0.29, 0.717) is 12.8 Å². The number of nitrogens with one attached hydrogen (secondary N) is 1. The van der Waals surface area contributed by atoms with E-state index in [9.17, 15) is 4.79 Å². The van der Waals surface area contributed by atoms with Gasteiger partial charge in [0.1, 0.15) is 5.82 Å². The van der Waals surface area contributed by atoms with Gasteiger partial charge in [0, 0.05) is 32.0 Å². The zero-order valence-corrected chi connectivity index (χ0v) is 12.2. The van der Waals surface area contributed by atoms with Gasteiger partial charge in [-0.25, -0.2) is 4.98 Å². The van der Waals surface area contributed by atoms with Crippen molar-refractivity contribution in [2.24, 2.45) is 5.73 Å². The molecule has 5 heteroatoms. The fourth-order valence-electron chi connectivity index (χ4n) is 2.88. The predicted octanol–water partition coefficient (Wildman–Crippen LogP) is 1.84. The molecule has 1 aliphatic heterocycles. The highest BCUT2D eigenvalue weighted by molar-refractivity contribution is 5.77. The number of aromatic amines is 1. The molecular formula is C16H22N4O. The maximum absolute atomic E-state index is 12.3. The van der Waals surface area contributed by atoms with E-state index in [1.165, 1.54) is 0 Å². The number of aromatic nitrogens is 2. The second-order valence-electron chi connectivity index (χ2n) is 5.77. The smallest absolute Gasteiger partial charge is 0.223 e. The molecule has 1 atom stereocenters. The van der Waals surface area contributed by atoms with Gasteiger partial charge in [-0.05, 0) is 31.4 Å². The Hall–Kier alpha value is -1.88. The average molecular weight is 286 g/mol. The lowest BCUT2D eigenvalue weighted by Gasteiger charge is -2.20. The monoisotopic (exact) mass is 286 g/mol. The molecule has 2 aromatic rings. The molecule has 112 valence electrons. The van der Waals surface area contributed by atoms with Gasteiger partial charge in [0.15, 0.2) is 0 Å². The van der Waals surface area contributed by atoms with Gasteiger partial charge in [0.2, 0.25) is 5.91 Å². The number of likely N-dealkylation sites (tertiary alicyclic amines) is 1. The molecule has 0 saturated carbocycles. The topological polar surface area (TPSA) is 75.0 Å². The van der Waals surface area contributed by atoms with Crippen molar-refractivity contribution in [3.05, 3.63) is 30.1 Å². The third-order valence-electron chi connectivity index (χ3n) is 4.14. The number of aryl methyl sites for hydroxylation is 1. The summed E-state index contributed by atoms with van der Waals surface area (Å²) < 4.78 is 0. The number of hydrogen-bond acceptors (Lipinski definition) is 3. The van der Waals surface area contributed by atoms with Crippen LogP contribution in [0.1, 0.15) is 31.5 Å². The molecule has 1 amide bonds. The molecule has 2 heterocycles. The minimum absolute atomic E-state index is 0.213. The molecule has 1 aromatic heterocycles. The molecule has 5 nitrogen and oxygen atoms in total. The summed E-state index contributed by atoms with van der Waals surface area (Å²) >= 11 is 0. The largest absolute Gasteiger partial charge is 0.343 e. The number of imidazole rings is 1. The molecule has 1 saturated heterocycles. The van der Waals surface area contributed by atoms with Crippen molar-refractivity contribution < 1.29 is 4.79 Å². The Morgan fingerprint density at radius 3 is 3.05 bits per heavy atom. The van der Waals surface area contributed by atoms with Gasteiger partial charge in [0.05, 0.1) is 11.0 Å². The predicted molar refractivity (Wildman–Crippen MR) is 82.8 cm³/mol. The number of rotatable bonds is 3. The number of nitrogens with two attached hydrogens (primary N) is 1. The summed E-state index contributed by atoms with van der Waals surface area (Å²) in [5.74, 6) is 1.10. The highest BCUT2D eigenvalue weighted by atomic mass is 16.2. The number of nitrogens with zero attached hydrogens (tertiary/aromatic N) is 2. The summed E-state index contributed by atoms with van der Waals surface area (Å²) in [5.41, 5.74) is 7.94. The number of carbonyl (C=O) groups excluding carboxylic acids is 1. The van der Waals surface area contributed by atoms with Crippen LogP contribution < -0.4 is 5.73 Å². The number of para-hydroxylation sites is 2. The van der Waals surface area contributed by atoms with Crippen LogP contribution in [0, 0.1) is 0 Å². The van der Waals surface area contributed by atoms with Crippen molar-refractivity contribution in [2.45, 2.75) is 38.1 Å². The minimum Gasteiger partial charge on any atom is -0.343 e. The van der Waals surface area contributed by atoms with Crippen molar-refractivity contribution >= 4 is 16.9 Å². The maximum Gasteiger partial charge on any atom is 0.223 e. The second kappa shape index (κ2) is 6.26. The Labute approximate surface area is 124 Å². The van der Waals surface area contributed by atoms with Crippen LogP contribution >= 0.6 is 0 Å². The molecule has 1 fully saturated rings. The minimum atomic E-state index is 0.213. The van der Waals surface area contributed by atoms with Gasteiger partial charge in [0.25, 0.3) is 0 Å². The fraction of sp³-hybridized carbons (Fsp3) is 0.500. The Morgan fingerprint density at radius 2 is 2.19 bits per heavy atom. The van der Waals surface area contributed by atoms with Gasteiger partial charge >= 0.3 is 0 Å². The number of H-pyrrole nitrogens is 1. The van der Waals surface area contributed by atoms with Crippen LogP contribution in [0.3, 0.4) is 0 Å². The molecular weight excluding hydrogens is 264 g/mol. The van der Waals surface area contributed by atoms with Crippen molar-refractivity contribution in [1.82, 2.24) is 14.9 Å². The number of amides is 1. The van der Waals surface area contributed by atoms with Crippen LogP contribution in [0.15, 0.2) is 24.3 Å². The maximum atomic E-state index is 12.3. The van der Waals surface area contributed by atoms with Crippen molar-refractivity contribution in [3.8, 4) is 0 Å². The summed E-state index contributed by atoms with van der Waals surface area (Å²) in [5, 5.41) is 0. The number of fused-ring (bicyclic) bond motifs is 1. The van der Waals surface area contributed by atoms with E-state index in [-0.39, 0.29) is 11.9 Å². The molecule has 0 bridgehead atoms. The lowest BCUT2D eigenvalue weighted by Crippen LogP contribution is -2.33. The van der Waals surface area contributed by atoms with Crippen molar-refractivity contribution in [3.63, 3.8) is 0 Å². The Morgan fingerprint density at radius 1 is 1.33 bits per heavy atom. The zero-order chi connectivity index (χ0) is 14.7. The van der Waals surface area contributed by atoms with Crippen LogP contribution in [-0.4, -0.2) is 39.9 Å². The average Bonchev–Trinajstić information content (AvgIpc) is 2.78. The Balaban J connectivity index is 1.57. The molecule has 3 rings (SSSR count). The van der Waals surface area contributed by atoms with E-state index in [1.54, 1.807) is 0 Å². The first-order valence-corrected chi connectivity index (χ1v) is 7.69. The lowest BCUT2D eigenvalue weighted by atomic mass is 10.1. The van der Waals surface area contributed by atoms with Crippen molar-refractivity contribution in [2.75, 3.05) is 13.1 Å². The van der Waals surface area contributed by atoms with E-state index >= 15 is 0 Å². The van der Waals surface area contributed by atoms with Crippen LogP contribution in [-0.2, 0) is 11.2 Å². The third-order valence-corrected chi connectivity index (χ3v) is 4.14. The molecule has 1 aromatic carbocycles. The number of hydrogen-bond donors (Lipinski definition) is 2. The molecule has 3 N–H and O–H groups in total. The van der Waals surface area contributed by atoms with E-state index in [0.717, 1.165) is 49.2 Å². The SMILES string of the molecule is NC1CCCN(C(=O)CCc2nc3ccccc3[nH]2)CC1. The first-order valence-electron chi connectivity index (χ1n) is 7.69.